The lowest BCUT2D eigenvalue weighted by Crippen LogP contribution is -2.34. The van der Waals surface area contributed by atoms with Gasteiger partial charge in [-0.1, -0.05) is 35.9 Å². The van der Waals surface area contributed by atoms with Crippen LogP contribution in [0.5, 0.6) is 5.75 Å². The lowest BCUT2D eigenvalue weighted by Gasteiger charge is -2.15. The highest BCUT2D eigenvalue weighted by atomic mass is 35.5. The quantitative estimate of drug-likeness (QED) is 0.738. The molecule has 3 rings (SSSR count). The molecule has 1 saturated heterocycles. The van der Waals surface area contributed by atoms with Gasteiger partial charge in [-0.25, -0.2) is 0 Å². The van der Waals surface area contributed by atoms with E-state index in [-0.39, 0.29) is 11.8 Å². The Hall–Kier alpha value is -2.08. The highest BCUT2D eigenvalue weighted by Crippen LogP contribution is 2.20. The molecular weight excluding hydrogens is 340 g/mol. The number of amides is 1. The van der Waals surface area contributed by atoms with Crippen LogP contribution in [0.25, 0.3) is 0 Å². The monoisotopic (exact) mass is 360 g/mol. The Labute approximate surface area is 152 Å². The molecule has 2 aromatic carbocycles. The summed E-state index contributed by atoms with van der Waals surface area (Å²) in [6, 6.07) is 14.5. The first-order valence-electron chi connectivity index (χ1n) is 8.27. The molecule has 2 atom stereocenters. The molecule has 0 bridgehead atoms. The molecule has 0 saturated carbocycles. The first-order valence-corrected chi connectivity index (χ1v) is 8.64. The van der Waals surface area contributed by atoms with E-state index < -0.39 is 6.10 Å². The number of halogens is 1. The number of carbonyl (C=O) groups is 1. The number of benzene rings is 2. The fourth-order valence-electron chi connectivity index (χ4n) is 2.77. The number of carbonyl (C=O) groups excluding carboxylic acids is 1. The number of aliphatic hydroxyl groups excluding tert-OH is 1. The van der Waals surface area contributed by atoms with E-state index in [2.05, 4.69) is 10.6 Å². The van der Waals surface area contributed by atoms with Gasteiger partial charge in [0.05, 0.1) is 11.7 Å². The van der Waals surface area contributed by atoms with Gasteiger partial charge in [0, 0.05) is 30.6 Å². The summed E-state index contributed by atoms with van der Waals surface area (Å²) in [6.07, 6.45) is -0.420. The SMILES string of the molecule is O=C(NCC1CNCC1O)c1ccccc1OCc1ccc(Cl)cc1. The molecule has 1 amide bonds. The van der Waals surface area contributed by atoms with Gasteiger partial charge >= 0.3 is 0 Å². The van der Waals surface area contributed by atoms with Crippen molar-refractivity contribution in [1.82, 2.24) is 10.6 Å². The minimum absolute atomic E-state index is 0.0334. The summed E-state index contributed by atoms with van der Waals surface area (Å²) < 4.78 is 5.81. The maximum Gasteiger partial charge on any atom is 0.255 e. The van der Waals surface area contributed by atoms with Gasteiger partial charge in [0.2, 0.25) is 0 Å². The number of hydrogen-bond acceptors (Lipinski definition) is 4. The van der Waals surface area contributed by atoms with Crippen molar-refractivity contribution in [2.75, 3.05) is 19.6 Å². The van der Waals surface area contributed by atoms with Crippen molar-refractivity contribution in [2.24, 2.45) is 5.92 Å². The van der Waals surface area contributed by atoms with E-state index in [1.165, 1.54) is 0 Å². The topological polar surface area (TPSA) is 70.6 Å². The molecule has 0 aliphatic carbocycles. The first-order chi connectivity index (χ1) is 12.1. The van der Waals surface area contributed by atoms with Crippen LogP contribution in [-0.2, 0) is 6.61 Å². The van der Waals surface area contributed by atoms with Crippen LogP contribution in [0.3, 0.4) is 0 Å². The normalized spacial score (nSPS) is 19.6. The molecule has 1 fully saturated rings. The van der Waals surface area contributed by atoms with E-state index >= 15 is 0 Å². The summed E-state index contributed by atoms with van der Waals surface area (Å²) in [5, 5.41) is 16.5. The van der Waals surface area contributed by atoms with Gasteiger partial charge in [0.1, 0.15) is 12.4 Å². The standard InChI is InChI=1S/C19H21ClN2O3/c20-15-7-5-13(6-8-15)12-25-18-4-2-1-3-16(18)19(24)22-10-14-9-21-11-17(14)23/h1-8,14,17,21,23H,9-12H2,(H,22,24). The van der Waals surface area contributed by atoms with E-state index in [1.807, 2.05) is 18.2 Å². The summed E-state index contributed by atoms with van der Waals surface area (Å²) in [6.45, 7) is 2.06. The van der Waals surface area contributed by atoms with Gasteiger partial charge in [0.25, 0.3) is 5.91 Å². The summed E-state index contributed by atoms with van der Waals surface area (Å²) in [5.41, 5.74) is 1.46. The molecule has 0 aromatic heterocycles. The van der Waals surface area contributed by atoms with E-state index in [0.29, 0.717) is 42.6 Å². The molecule has 0 radical (unpaired) electrons. The predicted molar refractivity (Wildman–Crippen MR) is 96.9 cm³/mol. The van der Waals surface area contributed by atoms with E-state index in [4.69, 9.17) is 16.3 Å². The number of aliphatic hydroxyl groups is 1. The van der Waals surface area contributed by atoms with E-state index in [1.54, 1.807) is 30.3 Å². The van der Waals surface area contributed by atoms with Crippen molar-refractivity contribution in [2.45, 2.75) is 12.7 Å². The van der Waals surface area contributed by atoms with Gasteiger partial charge in [-0.15, -0.1) is 0 Å². The summed E-state index contributed by atoms with van der Waals surface area (Å²) >= 11 is 5.88. The van der Waals surface area contributed by atoms with Crippen molar-refractivity contribution in [3.63, 3.8) is 0 Å². The number of rotatable bonds is 6. The maximum atomic E-state index is 12.5. The van der Waals surface area contributed by atoms with Crippen LogP contribution in [0.2, 0.25) is 5.02 Å². The van der Waals surface area contributed by atoms with Gasteiger partial charge < -0.3 is 20.5 Å². The fourth-order valence-corrected chi connectivity index (χ4v) is 2.89. The molecule has 1 aliphatic rings. The lowest BCUT2D eigenvalue weighted by atomic mass is 10.1. The van der Waals surface area contributed by atoms with Crippen LogP contribution in [-0.4, -0.2) is 36.8 Å². The molecule has 1 aliphatic heterocycles. The van der Waals surface area contributed by atoms with E-state index in [0.717, 1.165) is 5.56 Å². The van der Waals surface area contributed by atoms with Crippen LogP contribution in [0, 0.1) is 5.92 Å². The summed E-state index contributed by atoms with van der Waals surface area (Å²) in [4.78, 5) is 12.5. The molecule has 25 heavy (non-hydrogen) atoms. The fraction of sp³-hybridized carbons (Fsp3) is 0.316. The molecule has 2 unspecified atom stereocenters. The second-order valence-electron chi connectivity index (χ2n) is 6.11. The second-order valence-corrected chi connectivity index (χ2v) is 6.54. The predicted octanol–water partition coefficient (Wildman–Crippen LogP) is 2.23. The van der Waals surface area contributed by atoms with Gasteiger partial charge in [0.15, 0.2) is 0 Å². The minimum Gasteiger partial charge on any atom is -0.488 e. The van der Waals surface area contributed by atoms with Crippen molar-refractivity contribution in [1.29, 1.82) is 0 Å². The van der Waals surface area contributed by atoms with Crippen molar-refractivity contribution in [3.05, 3.63) is 64.7 Å². The Balaban J connectivity index is 1.61. The number of β-amino-alcohol motifs (C(OH)–C–C–N with tert-alkyl or cyclic N) is 1. The van der Waals surface area contributed by atoms with Crippen LogP contribution in [0.4, 0.5) is 0 Å². The molecule has 1 heterocycles. The van der Waals surface area contributed by atoms with Crippen molar-refractivity contribution in [3.8, 4) is 5.75 Å². The molecule has 3 N–H and O–H groups in total. The Bertz CT molecular complexity index is 721. The van der Waals surface area contributed by atoms with Crippen LogP contribution >= 0.6 is 11.6 Å². The first kappa shape index (κ1) is 17.7. The van der Waals surface area contributed by atoms with Gasteiger partial charge in [-0.2, -0.15) is 0 Å². The third-order valence-electron chi connectivity index (χ3n) is 4.27. The number of para-hydroxylation sites is 1. The third-order valence-corrected chi connectivity index (χ3v) is 4.52. The molecule has 132 valence electrons. The molecule has 6 heteroatoms. The van der Waals surface area contributed by atoms with Crippen molar-refractivity contribution >= 4 is 17.5 Å². The lowest BCUT2D eigenvalue weighted by molar-refractivity contribution is 0.0922. The van der Waals surface area contributed by atoms with Crippen LogP contribution in [0.15, 0.2) is 48.5 Å². The number of hydrogen-bond donors (Lipinski definition) is 3. The average molecular weight is 361 g/mol. The van der Waals surface area contributed by atoms with Gasteiger partial charge in [-0.3, -0.25) is 4.79 Å². The zero-order valence-electron chi connectivity index (χ0n) is 13.7. The summed E-state index contributed by atoms with van der Waals surface area (Å²) in [7, 11) is 0. The molecular formula is C19H21ClN2O3. The zero-order chi connectivity index (χ0) is 17.6. The Morgan fingerprint density at radius 2 is 1.96 bits per heavy atom. The maximum absolute atomic E-state index is 12.5. The minimum atomic E-state index is -0.420. The highest BCUT2D eigenvalue weighted by Gasteiger charge is 2.25. The second kappa shape index (κ2) is 8.34. The Morgan fingerprint density at radius 1 is 1.20 bits per heavy atom. The van der Waals surface area contributed by atoms with Crippen LogP contribution < -0.4 is 15.4 Å². The largest absolute Gasteiger partial charge is 0.488 e. The average Bonchev–Trinajstić information content (AvgIpc) is 3.04. The number of nitrogens with one attached hydrogen (secondary N) is 2. The zero-order valence-corrected chi connectivity index (χ0v) is 14.5. The third kappa shape index (κ3) is 4.72. The summed E-state index contributed by atoms with van der Waals surface area (Å²) in [5.74, 6) is 0.358. The Morgan fingerprint density at radius 3 is 2.68 bits per heavy atom. The molecule has 5 nitrogen and oxygen atoms in total. The van der Waals surface area contributed by atoms with E-state index in [9.17, 15) is 9.90 Å². The molecule has 0 spiro atoms. The van der Waals surface area contributed by atoms with Crippen molar-refractivity contribution < 1.29 is 14.6 Å². The van der Waals surface area contributed by atoms with Crippen LogP contribution in [0.1, 0.15) is 15.9 Å². The highest BCUT2D eigenvalue weighted by molar-refractivity contribution is 6.30. The number of ether oxygens (including phenoxy) is 1. The smallest absolute Gasteiger partial charge is 0.255 e. The van der Waals surface area contributed by atoms with Gasteiger partial charge in [-0.05, 0) is 29.8 Å². The Kier molecular flexibility index (Phi) is 5.91. The molecule has 2 aromatic rings.